The molecule has 2 rings (SSSR count). The SMILES string of the molecule is CC1CCCC(O)(CNS(=O)(=O)c2cc(F)ccc2F)C1. The van der Waals surface area contributed by atoms with Crippen LogP contribution in [0.15, 0.2) is 23.1 Å². The van der Waals surface area contributed by atoms with Crippen LogP contribution in [0.5, 0.6) is 0 Å². The molecule has 0 heterocycles. The van der Waals surface area contributed by atoms with Gasteiger partial charge >= 0.3 is 0 Å². The van der Waals surface area contributed by atoms with Crippen molar-refractivity contribution in [3.8, 4) is 0 Å². The predicted octanol–water partition coefficient (Wildman–Crippen LogP) is 2.18. The Morgan fingerprint density at radius 3 is 2.81 bits per heavy atom. The lowest BCUT2D eigenvalue weighted by Crippen LogP contribution is -2.45. The van der Waals surface area contributed by atoms with Gasteiger partial charge in [-0.3, -0.25) is 0 Å². The van der Waals surface area contributed by atoms with Crippen molar-refractivity contribution >= 4 is 10.0 Å². The monoisotopic (exact) mass is 319 g/mol. The van der Waals surface area contributed by atoms with E-state index >= 15 is 0 Å². The standard InChI is InChI=1S/C14H19F2NO3S/c1-10-3-2-6-14(18,8-10)9-17-21(19,20)13-7-11(15)4-5-12(13)16/h4-5,7,10,17-18H,2-3,6,8-9H2,1H3. The van der Waals surface area contributed by atoms with E-state index in [2.05, 4.69) is 4.72 Å². The molecule has 0 aliphatic heterocycles. The Bertz CT molecular complexity index is 621. The highest BCUT2D eigenvalue weighted by atomic mass is 32.2. The molecule has 1 aromatic rings. The molecule has 7 heteroatoms. The van der Waals surface area contributed by atoms with Crippen LogP contribution >= 0.6 is 0 Å². The second-order valence-electron chi connectivity index (χ2n) is 5.83. The molecule has 2 atom stereocenters. The fourth-order valence-electron chi connectivity index (χ4n) is 2.78. The first-order valence-electron chi connectivity index (χ1n) is 6.89. The summed E-state index contributed by atoms with van der Waals surface area (Å²) in [5, 5.41) is 10.4. The summed E-state index contributed by atoms with van der Waals surface area (Å²) in [6.45, 7) is 1.79. The average Bonchev–Trinajstić information content (AvgIpc) is 2.39. The lowest BCUT2D eigenvalue weighted by molar-refractivity contribution is -0.00752. The summed E-state index contributed by atoms with van der Waals surface area (Å²) >= 11 is 0. The van der Waals surface area contributed by atoms with Gasteiger partial charge in [0.25, 0.3) is 0 Å². The van der Waals surface area contributed by atoms with Gasteiger partial charge in [-0.15, -0.1) is 0 Å². The van der Waals surface area contributed by atoms with Crippen LogP contribution < -0.4 is 4.72 Å². The zero-order valence-corrected chi connectivity index (χ0v) is 12.6. The van der Waals surface area contributed by atoms with Crippen molar-refractivity contribution < 1.29 is 22.3 Å². The van der Waals surface area contributed by atoms with Crippen molar-refractivity contribution in [1.82, 2.24) is 4.72 Å². The van der Waals surface area contributed by atoms with E-state index in [9.17, 15) is 22.3 Å². The second-order valence-corrected chi connectivity index (χ2v) is 7.56. The van der Waals surface area contributed by atoms with E-state index in [1.165, 1.54) is 0 Å². The molecule has 2 unspecified atom stereocenters. The number of rotatable bonds is 4. The fraction of sp³-hybridized carbons (Fsp3) is 0.571. The van der Waals surface area contributed by atoms with Crippen molar-refractivity contribution in [1.29, 1.82) is 0 Å². The van der Waals surface area contributed by atoms with Gasteiger partial charge in [0.2, 0.25) is 10.0 Å². The number of benzene rings is 1. The lowest BCUT2D eigenvalue weighted by Gasteiger charge is -2.35. The maximum atomic E-state index is 13.5. The Labute approximate surface area is 123 Å². The van der Waals surface area contributed by atoms with E-state index in [0.717, 1.165) is 25.0 Å². The Balaban J connectivity index is 2.13. The van der Waals surface area contributed by atoms with Gasteiger partial charge in [-0.1, -0.05) is 19.8 Å². The lowest BCUT2D eigenvalue weighted by atomic mass is 9.79. The number of aliphatic hydroxyl groups is 1. The van der Waals surface area contributed by atoms with Gasteiger partial charge in [0.05, 0.1) is 5.60 Å². The first-order chi connectivity index (χ1) is 9.72. The zero-order chi connectivity index (χ0) is 15.7. The summed E-state index contributed by atoms with van der Waals surface area (Å²) in [6, 6.07) is 2.25. The Hall–Kier alpha value is -1.05. The number of hydrogen-bond donors (Lipinski definition) is 2. The molecule has 0 saturated heterocycles. The Morgan fingerprint density at radius 1 is 1.43 bits per heavy atom. The van der Waals surface area contributed by atoms with Crippen molar-refractivity contribution in [2.75, 3.05) is 6.54 Å². The molecule has 0 spiro atoms. The summed E-state index contributed by atoms with van der Waals surface area (Å²) < 4.78 is 52.9. The molecule has 0 aromatic heterocycles. The average molecular weight is 319 g/mol. The van der Waals surface area contributed by atoms with Crippen molar-refractivity contribution in [3.05, 3.63) is 29.8 Å². The maximum absolute atomic E-state index is 13.5. The van der Waals surface area contributed by atoms with Crippen LogP contribution in [0, 0.1) is 17.6 Å². The van der Waals surface area contributed by atoms with Crippen LogP contribution in [-0.4, -0.2) is 25.7 Å². The molecule has 0 bridgehead atoms. The highest BCUT2D eigenvalue weighted by molar-refractivity contribution is 7.89. The van der Waals surface area contributed by atoms with Crippen LogP contribution in [0.3, 0.4) is 0 Å². The van der Waals surface area contributed by atoms with E-state index in [1.54, 1.807) is 0 Å². The number of sulfonamides is 1. The largest absolute Gasteiger partial charge is 0.389 e. The highest BCUT2D eigenvalue weighted by Crippen LogP contribution is 2.32. The van der Waals surface area contributed by atoms with E-state index in [1.807, 2.05) is 6.92 Å². The van der Waals surface area contributed by atoms with Crippen LogP contribution in [0.25, 0.3) is 0 Å². The van der Waals surface area contributed by atoms with Crippen LogP contribution in [0.4, 0.5) is 8.78 Å². The minimum Gasteiger partial charge on any atom is -0.389 e. The molecule has 1 saturated carbocycles. The summed E-state index contributed by atoms with van der Waals surface area (Å²) in [6.07, 6.45) is 2.79. The van der Waals surface area contributed by atoms with Gasteiger partial charge in [-0.2, -0.15) is 0 Å². The molecule has 1 aliphatic carbocycles. The number of hydrogen-bond acceptors (Lipinski definition) is 3. The van der Waals surface area contributed by atoms with Gasteiger partial charge in [0.15, 0.2) is 0 Å². The van der Waals surface area contributed by atoms with E-state index < -0.39 is 32.2 Å². The molecule has 21 heavy (non-hydrogen) atoms. The second kappa shape index (κ2) is 5.98. The van der Waals surface area contributed by atoms with Gasteiger partial charge in [0, 0.05) is 6.54 Å². The molecule has 0 amide bonds. The van der Waals surface area contributed by atoms with Crippen LogP contribution in [0.2, 0.25) is 0 Å². The number of nitrogens with one attached hydrogen (secondary N) is 1. The zero-order valence-electron chi connectivity index (χ0n) is 11.8. The molecular weight excluding hydrogens is 300 g/mol. The van der Waals surface area contributed by atoms with E-state index in [0.29, 0.717) is 24.8 Å². The van der Waals surface area contributed by atoms with Crippen LogP contribution in [-0.2, 0) is 10.0 Å². The van der Waals surface area contributed by atoms with Gasteiger partial charge in [0.1, 0.15) is 16.5 Å². The summed E-state index contributed by atoms with van der Waals surface area (Å²) in [5.74, 6) is -1.55. The first-order valence-corrected chi connectivity index (χ1v) is 8.37. The van der Waals surface area contributed by atoms with Gasteiger partial charge in [-0.25, -0.2) is 21.9 Å². The molecule has 1 aliphatic rings. The van der Waals surface area contributed by atoms with Gasteiger partial charge < -0.3 is 5.11 Å². The highest BCUT2D eigenvalue weighted by Gasteiger charge is 2.34. The quantitative estimate of drug-likeness (QED) is 0.894. The summed E-state index contributed by atoms with van der Waals surface area (Å²) in [5.41, 5.74) is -1.13. The van der Waals surface area contributed by atoms with E-state index in [4.69, 9.17) is 0 Å². The molecule has 2 N–H and O–H groups in total. The minimum atomic E-state index is -4.19. The van der Waals surface area contributed by atoms with Crippen molar-refractivity contribution in [3.63, 3.8) is 0 Å². The smallest absolute Gasteiger partial charge is 0.243 e. The van der Waals surface area contributed by atoms with Crippen molar-refractivity contribution in [2.45, 2.75) is 43.1 Å². The molecule has 1 aromatic carbocycles. The molecule has 4 nitrogen and oxygen atoms in total. The number of halogens is 2. The summed E-state index contributed by atoms with van der Waals surface area (Å²) in [7, 11) is -4.19. The maximum Gasteiger partial charge on any atom is 0.243 e. The normalized spacial score (nSPS) is 26.8. The molecular formula is C14H19F2NO3S. The fourth-order valence-corrected chi connectivity index (χ4v) is 3.99. The molecule has 0 radical (unpaired) electrons. The third-order valence-corrected chi connectivity index (χ3v) is 5.26. The minimum absolute atomic E-state index is 0.199. The summed E-state index contributed by atoms with van der Waals surface area (Å²) in [4.78, 5) is -0.741. The van der Waals surface area contributed by atoms with E-state index in [-0.39, 0.29) is 6.54 Å². The van der Waals surface area contributed by atoms with Crippen LogP contribution in [0.1, 0.15) is 32.6 Å². The molecule has 118 valence electrons. The Morgan fingerprint density at radius 2 is 2.14 bits per heavy atom. The predicted molar refractivity (Wildman–Crippen MR) is 74.1 cm³/mol. The Kier molecular flexibility index (Phi) is 4.65. The third kappa shape index (κ3) is 3.99. The first kappa shape index (κ1) is 16.3. The topological polar surface area (TPSA) is 66.4 Å². The van der Waals surface area contributed by atoms with Gasteiger partial charge in [-0.05, 0) is 37.0 Å². The molecule has 1 fully saturated rings. The van der Waals surface area contributed by atoms with Crippen molar-refractivity contribution in [2.24, 2.45) is 5.92 Å². The third-order valence-electron chi connectivity index (χ3n) is 3.84.